The van der Waals surface area contributed by atoms with E-state index in [1.165, 1.54) is 12.0 Å². The van der Waals surface area contributed by atoms with Crippen molar-refractivity contribution in [1.82, 2.24) is 0 Å². The van der Waals surface area contributed by atoms with Gasteiger partial charge in [-0.05, 0) is 18.2 Å². The molecular formula is C13H11BrN2O3. The first-order valence-corrected chi connectivity index (χ1v) is 6.44. The van der Waals surface area contributed by atoms with E-state index in [1.54, 1.807) is 18.2 Å². The van der Waals surface area contributed by atoms with Crippen molar-refractivity contribution in [2.24, 2.45) is 5.92 Å². The number of halogens is 1. The SMILES string of the molecule is COC(=O)C1CC(=O)N(c2cc(Br)ccc2C#N)C1. The van der Waals surface area contributed by atoms with E-state index in [-0.39, 0.29) is 18.9 Å². The van der Waals surface area contributed by atoms with Crippen LogP contribution in [0.15, 0.2) is 22.7 Å². The molecule has 1 aromatic carbocycles. The van der Waals surface area contributed by atoms with Crippen LogP contribution >= 0.6 is 15.9 Å². The van der Waals surface area contributed by atoms with Gasteiger partial charge in [0.1, 0.15) is 6.07 Å². The highest BCUT2D eigenvalue weighted by atomic mass is 79.9. The third-order valence-electron chi connectivity index (χ3n) is 3.03. The molecule has 1 atom stereocenters. The molecule has 0 radical (unpaired) electrons. The van der Waals surface area contributed by atoms with Crippen LogP contribution in [0.3, 0.4) is 0 Å². The molecule has 0 aliphatic carbocycles. The van der Waals surface area contributed by atoms with Crippen LogP contribution in [0, 0.1) is 17.2 Å². The number of benzene rings is 1. The zero-order valence-corrected chi connectivity index (χ0v) is 11.8. The van der Waals surface area contributed by atoms with Gasteiger partial charge in [-0.25, -0.2) is 0 Å². The Bertz CT molecular complexity index is 580. The number of carbonyl (C=O) groups is 2. The first kappa shape index (κ1) is 13.6. The van der Waals surface area contributed by atoms with Gasteiger partial charge in [0, 0.05) is 17.4 Å². The minimum atomic E-state index is -0.469. The predicted molar refractivity (Wildman–Crippen MR) is 71.3 cm³/mol. The largest absolute Gasteiger partial charge is 0.469 e. The van der Waals surface area contributed by atoms with E-state index in [4.69, 9.17) is 5.26 Å². The molecule has 1 unspecified atom stereocenters. The Hall–Kier alpha value is -1.87. The van der Waals surface area contributed by atoms with E-state index in [0.29, 0.717) is 11.3 Å². The standard InChI is InChI=1S/C13H11BrN2O3/c1-19-13(18)9-4-12(17)16(7-9)11-5-10(14)3-2-8(11)6-15/h2-3,5,9H,4,7H2,1H3. The monoisotopic (exact) mass is 322 g/mol. The van der Waals surface area contributed by atoms with E-state index in [2.05, 4.69) is 20.7 Å². The summed E-state index contributed by atoms with van der Waals surface area (Å²) in [6.45, 7) is 0.247. The molecule has 19 heavy (non-hydrogen) atoms. The number of rotatable bonds is 2. The van der Waals surface area contributed by atoms with Gasteiger partial charge < -0.3 is 9.64 Å². The van der Waals surface area contributed by atoms with E-state index in [1.807, 2.05) is 6.07 Å². The first-order valence-electron chi connectivity index (χ1n) is 5.64. The Labute approximate surface area is 118 Å². The van der Waals surface area contributed by atoms with Gasteiger partial charge in [-0.2, -0.15) is 5.26 Å². The highest BCUT2D eigenvalue weighted by Crippen LogP contribution is 2.30. The van der Waals surface area contributed by atoms with Crippen molar-refractivity contribution in [3.05, 3.63) is 28.2 Å². The number of ether oxygens (including phenoxy) is 1. The number of carbonyl (C=O) groups excluding carboxylic acids is 2. The number of anilines is 1. The van der Waals surface area contributed by atoms with Gasteiger partial charge in [-0.3, -0.25) is 9.59 Å². The minimum absolute atomic E-state index is 0.115. The van der Waals surface area contributed by atoms with E-state index in [0.717, 1.165) is 4.47 Å². The molecule has 1 aromatic rings. The minimum Gasteiger partial charge on any atom is -0.469 e. The summed E-state index contributed by atoms with van der Waals surface area (Å²) in [5, 5.41) is 9.08. The summed E-state index contributed by atoms with van der Waals surface area (Å²) in [6, 6.07) is 7.13. The topological polar surface area (TPSA) is 70.4 Å². The lowest BCUT2D eigenvalue weighted by molar-refractivity contribution is -0.145. The van der Waals surface area contributed by atoms with Gasteiger partial charge in [0.05, 0.1) is 24.3 Å². The van der Waals surface area contributed by atoms with Crippen molar-refractivity contribution < 1.29 is 14.3 Å². The quantitative estimate of drug-likeness (QED) is 0.779. The lowest BCUT2D eigenvalue weighted by Gasteiger charge is -2.18. The van der Waals surface area contributed by atoms with Crippen LogP contribution in [0.4, 0.5) is 5.69 Å². The fourth-order valence-electron chi connectivity index (χ4n) is 2.09. The lowest BCUT2D eigenvalue weighted by Crippen LogP contribution is -2.26. The molecule has 5 nitrogen and oxygen atoms in total. The molecule has 0 N–H and O–H groups in total. The van der Waals surface area contributed by atoms with Crippen LogP contribution in [-0.2, 0) is 14.3 Å². The van der Waals surface area contributed by atoms with Gasteiger partial charge >= 0.3 is 5.97 Å². The third kappa shape index (κ3) is 2.61. The Kier molecular flexibility index (Phi) is 3.86. The number of hydrogen-bond acceptors (Lipinski definition) is 4. The molecule has 2 rings (SSSR count). The zero-order valence-electron chi connectivity index (χ0n) is 10.2. The van der Waals surface area contributed by atoms with Crippen LogP contribution in [0.2, 0.25) is 0 Å². The molecule has 1 aliphatic heterocycles. The number of esters is 1. The average Bonchev–Trinajstić information content (AvgIpc) is 2.79. The first-order chi connectivity index (χ1) is 9.06. The normalized spacial score (nSPS) is 18.3. The number of methoxy groups -OCH3 is 1. The molecule has 1 saturated heterocycles. The maximum absolute atomic E-state index is 12.0. The summed E-state index contributed by atoms with van der Waals surface area (Å²) < 4.78 is 5.43. The molecule has 0 saturated carbocycles. The summed E-state index contributed by atoms with van der Waals surface area (Å²) in [4.78, 5) is 24.9. The van der Waals surface area contributed by atoms with Gasteiger partial charge in [0.2, 0.25) is 5.91 Å². The Balaban J connectivity index is 2.33. The number of nitrogens with zero attached hydrogens (tertiary/aromatic N) is 2. The third-order valence-corrected chi connectivity index (χ3v) is 3.52. The second-order valence-electron chi connectivity index (χ2n) is 4.20. The highest BCUT2D eigenvalue weighted by Gasteiger charge is 2.36. The summed E-state index contributed by atoms with van der Waals surface area (Å²) >= 11 is 3.31. The van der Waals surface area contributed by atoms with Crippen LogP contribution in [0.1, 0.15) is 12.0 Å². The maximum Gasteiger partial charge on any atom is 0.311 e. The van der Waals surface area contributed by atoms with Crippen LogP contribution in [0.25, 0.3) is 0 Å². The van der Waals surface area contributed by atoms with Crippen molar-refractivity contribution >= 4 is 33.5 Å². The Morgan fingerprint density at radius 3 is 2.95 bits per heavy atom. The van der Waals surface area contributed by atoms with Gasteiger partial charge in [0.15, 0.2) is 0 Å². The highest BCUT2D eigenvalue weighted by molar-refractivity contribution is 9.10. The van der Waals surface area contributed by atoms with Gasteiger partial charge in [0.25, 0.3) is 0 Å². The molecule has 98 valence electrons. The number of nitriles is 1. The predicted octanol–water partition coefficient (Wildman–Crippen LogP) is 1.85. The van der Waals surface area contributed by atoms with Crippen molar-refractivity contribution in [3.63, 3.8) is 0 Å². The van der Waals surface area contributed by atoms with Crippen molar-refractivity contribution in [2.45, 2.75) is 6.42 Å². The van der Waals surface area contributed by atoms with E-state index < -0.39 is 11.9 Å². The second-order valence-corrected chi connectivity index (χ2v) is 5.12. The molecule has 1 heterocycles. The summed E-state index contributed by atoms with van der Waals surface area (Å²) in [5.41, 5.74) is 0.926. The van der Waals surface area contributed by atoms with Crippen molar-refractivity contribution in [1.29, 1.82) is 5.26 Å². The molecule has 6 heteroatoms. The summed E-state index contributed by atoms with van der Waals surface area (Å²) in [5.74, 6) is -1.04. The molecule has 0 spiro atoms. The summed E-state index contributed by atoms with van der Waals surface area (Å²) in [7, 11) is 1.30. The molecule has 1 amide bonds. The Morgan fingerprint density at radius 2 is 2.32 bits per heavy atom. The van der Waals surface area contributed by atoms with Crippen molar-refractivity contribution in [2.75, 3.05) is 18.6 Å². The molecular weight excluding hydrogens is 312 g/mol. The molecule has 0 aromatic heterocycles. The van der Waals surface area contributed by atoms with Crippen LogP contribution in [-0.4, -0.2) is 25.5 Å². The number of hydrogen-bond donors (Lipinski definition) is 0. The molecule has 0 bridgehead atoms. The van der Waals surface area contributed by atoms with E-state index >= 15 is 0 Å². The molecule has 1 aliphatic rings. The average molecular weight is 323 g/mol. The molecule has 1 fully saturated rings. The Morgan fingerprint density at radius 1 is 1.58 bits per heavy atom. The van der Waals surface area contributed by atoms with Gasteiger partial charge in [-0.1, -0.05) is 15.9 Å². The second kappa shape index (κ2) is 5.41. The van der Waals surface area contributed by atoms with Crippen molar-refractivity contribution in [3.8, 4) is 6.07 Å². The van der Waals surface area contributed by atoms with E-state index in [9.17, 15) is 9.59 Å². The fourth-order valence-corrected chi connectivity index (χ4v) is 2.44. The van der Waals surface area contributed by atoms with Gasteiger partial charge in [-0.15, -0.1) is 0 Å². The van der Waals surface area contributed by atoms with Crippen LogP contribution < -0.4 is 4.90 Å². The summed E-state index contributed by atoms with van der Waals surface area (Å²) in [6.07, 6.45) is 0.115. The maximum atomic E-state index is 12.0. The van der Waals surface area contributed by atoms with Crippen LogP contribution in [0.5, 0.6) is 0 Å². The number of amides is 1. The fraction of sp³-hybridized carbons (Fsp3) is 0.308. The lowest BCUT2D eigenvalue weighted by atomic mass is 10.1. The zero-order chi connectivity index (χ0) is 14.0. The smallest absolute Gasteiger partial charge is 0.311 e.